The summed E-state index contributed by atoms with van der Waals surface area (Å²) < 4.78 is 26.2. The number of benzene rings is 1. The lowest BCUT2D eigenvalue weighted by molar-refractivity contribution is 0.429. The fraction of sp³-hybridized carbons (Fsp3) is 0.571. The Morgan fingerprint density at radius 1 is 1.06 bits per heavy atom. The number of halogens is 2. The molecule has 0 nitrogen and oxygen atoms in total. The van der Waals surface area contributed by atoms with E-state index in [1.54, 1.807) is 6.07 Å². The van der Waals surface area contributed by atoms with Gasteiger partial charge in [-0.1, -0.05) is 45.6 Å². The van der Waals surface area contributed by atoms with Gasteiger partial charge in [-0.25, -0.2) is 8.78 Å². The molecule has 1 aromatic carbocycles. The third-order valence-corrected chi connectivity index (χ3v) is 2.92. The summed E-state index contributed by atoms with van der Waals surface area (Å²) in [5, 5.41) is 0. The van der Waals surface area contributed by atoms with E-state index in [-0.39, 0.29) is 0 Å². The van der Waals surface area contributed by atoms with Crippen molar-refractivity contribution in [3.63, 3.8) is 0 Å². The van der Waals surface area contributed by atoms with Crippen LogP contribution in [0.2, 0.25) is 0 Å². The fourth-order valence-corrected chi connectivity index (χ4v) is 2.16. The molecule has 0 radical (unpaired) electrons. The first kappa shape index (κ1) is 13.1. The molecule has 2 heteroatoms. The van der Waals surface area contributed by atoms with E-state index in [1.807, 2.05) is 0 Å². The summed E-state index contributed by atoms with van der Waals surface area (Å²) >= 11 is 0. The first-order chi connectivity index (χ1) is 7.67. The Kier molecular flexibility index (Phi) is 5.44. The lowest BCUT2D eigenvalue weighted by atomic mass is 9.91. The van der Waals surface area contributed by atoms with Crippen LogP contribution in [0.1, 0.15) is 45.1 Å². The summed E-state index contributed by atoms with van der Waals surface area (Å²) in [4.78, 5) is 0. The van der Waals surface area contributed by atoms with Gasteiger partial charge in [0, 0.05) is 6.07 Å². The lowest BCUT2D eigenvalue weighted by Gasteiger charge is -2.15. The SMILES string of the molecule is CCCC(CCC)Cc1ccc(F)cc1F. The molecule has 0 N–H and O–H groups in total. The summed E-state index contributed by atoms with van der Waals surface area (Å²) in [5.41, 5.74) is 0.647. The highest BCUT2D eigenvalue weighted by atomic mass is 19.1. The third kappa shape index (κ3) is 3.92. The molecule has 0 saturated carbocycles. The summed E-state index contributed by atoms with van der Waals surface area (Å²) in [6, 6.07) is 3.89. The van der Waals surface area contributed by atoms with Crippen molar-refractivity contribution in [2.45, 2.75) is 46.0 Å². The molecule has 90 valence electrons. The van der Waals surface area contributed by atoms with Gasteiger partial charge in [-0.05, 0) is 24.0 Å². The van der Waals surface area contributed by atoms with Crippen LogP contribution in [-0.2, 0) is 6.42 Å². The largest absolute Gasteiger partial charge is 0.207 e. The van der Waals surface area contributed by atoms with Crippen LogP contribution in [-0.4, -0.2) is 0 Å². The third-order valence-electron chi connectivity index (χ3n) is 2.92. The maximum atomic E-state index is 13.5. The molecular formula is C14H20F2. The normalized spacial score (nSPS) is 11.1. The summed E-state index contributed by atoms with van der Waals surface area (Å²) in [7, 11) is 0. The number of hydrogen-bond donors (Lipinski definition) is 0. The molecule has 0 aliphatic carbocycles. The predicted octanol–water partition coefficient (Wildman–Crippen LogP) is 4.72. The smallest absolute Gasteiger partial charge is 0.129 e. The summed E-state index contributed by atoms with van der Waals surface area (Å²) in [5.74, 6) is -0.379. The van der Waals surface area contributed by atoms with Crippen molar-refractivity contribution in [3.05, 3.63) is 35.4 Å². The van der Waals surface area contributed by atoms with Gasteiger partial charge in [0.25, 0.3) is 0 Å². The van der Waals surface area contributed by atoms with Crippen LogP contribution in [0.4, 0.5) is 8.78 Å². The van der Waals surface area contributed by atoms with Crippen molar-refractivity contribution < 1.29 is 8.78 Å². The van der Waals surface area contributed by atoms with Crippen LogP contribution in [0.3, 0.4) is 0 Å². The van der Waals surface area contributed by atoms with Gasteiger partial charge < -0.3 is 0 Å². The second kappa shape index (κ2) is 6.62. The van der Waals surface area contributed by atoms with Gasteiger partial charge in [-0.3, -0.25) is 0 Å². The zero-order valence-electron chi connectivity index (χ0n) is 10.1. The van der Waals surface area contributed by atoms with Crippen molar-refractivity contribution in [2.75, 3.05) is 0 Å². The van der Waals surface area contributed by atoms with Crippen molar-refractivity contribution >= 4 is 0 Å². The van der Waals surface area contributed by atoms with E-state index >= 15 is 0 Å². The quantitative estimate of drug-likeness (QED) is 0.658. The van der Waals surface area contributed by atoms with Crippen molar-refractivity contribution in [3.8, 4) is 0 Å². The van der Waals surface area contributed by atoms with Crippen LogP contribution in [0.5, 0.6) is 0 Å². The highest BCUT2D eigenvalue weighted by molar-refractivity contribution is 5.19. The molecule has 0 bridgehead atoms. The Labute approximate surface area is 96.7 Å². The van der Waals surface area contributed by atoms with E-state index in [9.17, 15) is 8.78 Å². The van der Waals surface area contributed by atoms with E-state index in [0.29, 0.717) is 11.5 Å². The van der Waals surface area contributed by atoms with Gasteiger partial charge in [0.1, 0.15) is 11.6 Å². The van der Waals surface area contributed by atoms with Crippen molar-refractivity contribution in [2.24, 2.45) is 5.92 Å². The molecule has 1 rings (SSSR count). The van der Waals surface area contributed by atoms with Crippen LogP contribution < -0.4 is 0 Å². The minimum atomic E-state index is -0.496. The zero-order chi connectivity index (χ0) is 12.0. The molecule has 0 aliphatic rings. The summed E-state index contributed by atoms with van der Waals surface area (Å²) in [6.07, 6.45) is 5.20. The number of hydrogen-bond acceptors (Lipinski definition) is 0. The van der Waals surface area contributed by atoms with E-state index in [1.165, 1.54) is 6.07 Å². The monoisotopic (exact) mass is 226 g/mol. The lowest BCUT2D eigenvalue weighted by Crippen LogP contribution is -2.06. The van der Waals surface area contributed by atoms with Crippen LogP contribution in [0.15, 0.2) is 18.2 Å². The maximum Gasteiger partial charge on any atom is 0.129 e. The van der Waals surface area contributed by atoms with Gasteiger partial charge in [-0.2, -0.15) is 0 Å². The van der Waals surface area contributed by atoms with Crippen LogP contribution in [0.25, 0.3) is 0 Å². The average Bonchev–Trinajstić information content (AvgIpc) is 2.23. The molecule has 0 heterocycles. The van der Waals surface area contributed by atoms with Gasteiger partial charge in [-0.15, -0.1) is 0 Å². The van der Waals surface area contributed by atoms with E-state index in [0.717, 1.165) is 38.2 Å². The molecule has 0 saturated heterocycles. The maximum absolute atomic E-state index is 13.5. The van der Waals surface area contributed by atoms with Crippen molar-refractivity contribution in [1.29, 1.82) is 0 Å². The Balaban J connectivity index is 2.68. The van der Waals surface area contributed by atoms with Gasteiger partial charge in [0.05, 0.1) is 0 Å². The first-order valence-electron chi connectivity index (χ1n) is 6.11. The first-order valence-corrected chi connectivity index (χ1v) is 6.11. The van der Waals surface area contributed by atoms with Gasteiger partial charge in [0.15, 0.2) is 0 Å². The zero-order valence-corrected chi connectivity index (χ0v) is 10.1. The Morgan fingerprint density at radius 3 is 2.19 bits per heavy atom. The molecule has 0 spiro atoms. The fourth-order valence-electron chi connectivity index (χ4n) is 2.16. The molecule has 0 amide bonds. The minimum Gasteiger partial charge on any atom is -0.207 e. The highest BCUT2D eigenvalue weighted by Crippen LogP contribution is 2.21. The van der Waals surface area contributed by atoms with E-state index in [4.69, 9.17) is 0 Å². The van der Waals surface area contributed by atoms with Crippen LogP contribution >= 0.6 is 0 Å². The molecular weight excluding hydrogens is 206 g/mol. The molecule has 16 heavy (non-hydrogen) atoms. The predicted molar refractivity (Wildman–Crippen MR) is 63.4 cm³/mol. The molecule has 0 unspecified atom stereocenters. The van der Waals surface area contributed by atoms with Gasteiger partial charge >= 0.3 is 0 Å². The second-order valence-electron chi connectivity index (χ2n) is 4.38. The molecule has 0 aromatic heterocycles. The molecule has 0 atom stereocenters. The van der Waals surface area contributed by atoms with Gasteiger partial charge in [0.2, 0.25) is 0 Å². The topological polar surface area (TPSA) is 0 Å². The standard InChI is InChI=1S/C14H20F2/c1-3-5-11(6-4-2)9-12-7-8-13(15)10-14(12)16/h7-8,10-11H,3-6,9H2,1-2H3. The van der Waals surface area contributed by atoms with E-state index < -0.39 is 11.6 Å². The average molecular weight is 226 g/mol. The second-order valence-corrected chi connectivity index (χ2v) is 4.38. The van der Waals surface area contributed by atoms with Crippen LogP contribution in [0, 0.1) is 17.6 Å². The number of rotatable bonds is 6. The molecule has 0 fully saturated rings. The van der Waals surface area contributed by atoms with Crippen molar-refractivity contribution in [1.82, 2.24) is 0 Å². The molecule has 0 aliphatic heterocycles. The highest BCUT2D eigenvalue weighted by Gasteiger charge is 2.11. The Bertz CT molecular complexity index is 315. The minimum absolute atomic E-state index is 0.405. The molecule has 1 aromatic rings. The van der Waals surface area contributed by atoms with E-state index in [2.05, 4.69) is 13.8 Å². The Morgan fingerprint density at radius 2 is 1.69 bits per heavy atom. The Hall–Kier alpha value is -0.920. The summed E-state index contributed by atoms with van der Waals surface area (Å²) in [6.45, 7) is 4.29.